The number of pyridine rings is 1. The van der Waals surface area contributed by atoms with Crippen LogP contribution >= 0.6 is 0 Å². The zero-order valence-electron chi connectivity index (χ0n) is 26.1. The van der Waals surface area contributed by atoms with Crippen molar-refractivity contribution in [3.8, 4) is 0 Å². The molecule has 1 N–H and O–H groups in total. The molecule has 1 fully saturated rings. The number of hydrogen-bond donors (Lipinski definition) is 1. The third kappa shape index (κ3) is 10.0. The van der Waals surface area contributed by atoms with E-state index in [1.807, 2.05) is 38.1 Å². The summed E-state index contributed by atoms with van der Waals surface area (Å²) >= 11 is 0. The van der Waals surface area contributed by atoms with Gasteiger partial charge in [0.1, 0.15) is 0 Å². The van der Waals surface area contributed by atoms with Gasteiger partial charge in [-0.05, 0) is 80.6 Å². The Morgan fingerprint density at radius 1 is 1.15 bits per heavy atom. The van der Waals surface area contributed by atoms with Crippen molar-refractivity contribution in [1.29, 1.82) is 0 Å². The number of hydrogen-bond acceptors (Lipinski definition) is 5. The van der Waals surface area contributed by atoms with Gasteiger partial charge >= 0.3 is 0 Å². The molecule has 0 radical (unpaired) electrons. The normalized spacial score (nSPS) is 14.9. The van der Waals surface area contributed by atoms with E-state index in [-0.39, 0.29) is 11.5 Å². The number of allylic oxidation sites excluding steroid dienone is 4. The van der Waals surface area contributed by atoms with Crippen LogP contribution < -0.4 is 10.9 Å². The highest BCUT2D eigenvalue weighted by molar-refractivity contribution is 5.93. The molecule has 1 saturated heterocycles. The van der Waals surface area contributed by atoms with Crippen LogP contribution in [-0.2, 0) is 0 Å². The van der Waals surface area contributed by atoms with E-state index in [1.165, 1.54) is 11.1 Å². The molecule has 1 amide bonds. The van der Waals surface area contributed by atoms with Crippen molar-refractivity contribution in [2.75, 3.05) is 52.6 Å². The number of nitrogens with zero attached hydrogens (tertiary/aromatic N) is 4. The molecule has 222 valence electrons. The van der Waals surface area contributed by atoms with Crippen molar-refractivity contribution in [1.82, 2.24) is 14.4 Å². The molecule has 1 aromatic carbocycles. The Labute approximate surface area is 247 Å². The van der Waals surface area contributed by atoms with Crippen LogP contribution in [0.4, 0.5) is 5.69 Å². The van der Waals surface area contributed by atoms with Crippen LogP contribution in [0.2, 0.25) is 0 Å². The lowest BCUT2D eigenvalue weighted by molar-refractivity contribution is 0.0827. The molecule has 1 aromatic heterocycles. The molecule has 3 rings (SSSR count). The number of carbonyl (C=O) groups excluding carboxylic acids is 1. The minimum Gasteiger partial charge on any atom is -0.385 e. The number of aromatic nitrogens is 1. The molecular weight excluding hydrogens is 510 g/mol. The number of nitrogens with one attached hydrogen (secondary N) is 1. The number of rotatable bonds is 11. The third-order valence-electron chi connectivity index (χ3n) is 6.99. The van der Waals surface area contributed by atoms with Crippen LogP contribution in [0.3, 0.4) is 0 Å². The van der Waals surface area contributed by atoms with Gasteiger partial charge in [-0.3, -0.25) is 24.0 Å². The highest BCUT2D eigenvalue weighted by Crippen LogP contribution is 2.29. The maximum Gasteiger partial charge on any atom is 0.257 e. The first-order valence-corrected chi connectivity index (χ1v) is 14.7. The van der Waals surface area contributed by atoms with E-state index in [9.17, 15) is 9.59 Å². The molecule has 41 heavy (non-hydrogen) atoms. The third-order valence-corrected chi connectivity index (χ3v) is 6.99. The summed E-state index contributed by atoms with van der Waals surface area (Å²) in [6.07, 6.45) is 10.5. The summed E-state index contributed by atoms with van der Waals surface area (Å²) in [6, 6.07) is 11.6. The first-order valence-electron chi connectivity index (χ1n) is 14.7. The Bertz CT molecular complexity index is 1280. The van der Waals surface area contributed by atoms with Crippen LogP contribution in [0.5, 0.6) is 0 Å². The van der Waals surface area contributed by atoms with Gasteiger partial charge < -0.3 is 10.2 Å². The zero-order valence-corrected chi connectivity index (χ0v) is 26.1. The number of amides is 1. The summed E-state index contributed by atoms with van der Waals surface area (Å²) in [5.74, 6) is 0.541. The van der Waals surface area contributed by atoms with Crippen molar-refractivity contribution in [3.63, 3.8) is 0 Å². The second-order valence-corrected chi connectivity index (χ2v) is 10.4. The van der Waals surface area contributed by atoms with E-state index >= 15 is 0 Å². The molecule has 0 aliphatic carbocycles. The second kappa shape index (κ2) is 17.2. The predicted molar refractivity (Wildman–Crippen MR) is 175 cm³/mol. The topological polar surface area (TPSA) is 69.9 Å². The molecule has 0 spiro atoms. The van der Waals surface area contributed by atoms with Gasteiger partial charge in [0.2, 0.25) is 0 Å². The SMILES string of the molecule is C=C(/C=C(\C)CN1CCC(c2ccc(C(=O)N(C)C)cc2)CC1)/C(=C\C=NC)n1ccc(NCCC)cc1=O.CC. The molecule has 7 nitrogen and oxygen atoms in total. The van der Waals surface area contributed by atoms with E-state index in [2.05, 4.69) is 53.8 Å². The van der Waals surface area contributed by atoms with Crippen LogP contribution in [0.1, 0.15) is 68.8 Å². The molecule has 0 unspecified atom stereocenters. The molecule has 1 aliphatic heterocycles. The van der Waals surface area contributed by atoms with Crippen molar-refractivity contribution in [3.05, 3.63) is 94.0 Å². The van der Waals surface area contributed by atoms with Crippen molar-refractivity contribution in [2.24, 2.45) is 4.99 Å². The maximum atomic E-state index is 12.9. The van der Waals surface area contributed by atoms with Gasteiger partial charge in [0.15, 0.2) is 0 Å². The number of anilines is 1. The Kier molecular flexibility index (Phi) is 14.0. The van der Waals surface area contributed by atoms with E-state index in [0.29, 0.717) is 11.6 Å². The number of aliphatic imine (C=N–C) groups is 1. The van der Waals surface area contributed by atoms with E-state index in [0.717, 1.165) is 62.3 Å². The molecule has 0 saturated carbocycles. The summed E-state index contributed by atoms with van der Waals surface area (Å²) < 4.78 is 1.62. The number of benzene rings is 1. The Balaban J connectivity index is 0.00000287. The Morgan fingerprint density at radius 2 is 1.80 bits per heavy atom. The zero-order chi connectivity index (χ0) is 30.4. The summed E-state index contributed by atoms with van der Waals surface area (Å²) in [7, 11) is 5.26. The highest BCUT2D eigenvalue weighted by atomic mass is 16.2. The minimum atomic E-state index is -0.111. The predicted octanol–water partition coefficient (Wildman–Crippen LogP) is 6.32. The van der Waals surface area contributed by atoms with Crippen LogP contribution in [0, 0.1) is 0 Å². The fraction of sp³-hybridized carbons (Fsp3) is 0.441. The number of piperidine rings is 1. The molecule has 2 heterocycles. The Hall–Kier alpha value is -3.71. The second-order valence-electron chi connectivity index (χ2n) is 10.4. The summed E-state index contributed by atoms with van der Waals surface area (Å²) in [5, 5.41) is 3.26. The maximum absolute atomic E-state index is 12.9. The first kappa shape index (κ1) is 33.5. The molecule has 2 aromatic rings. The van der Waals surface area contributed by atoms with Gasteiger partial charge in [0.25, 0.3) is 11.5 Å². The van der Waals surface area contributed by atoms with Crippen molar-refractivity contribution in [2.45, 2.75) is 52.9 Å². The van der Waals surface area contributed by atoms with Crippen LogP contribution in [0.25, 0.3) is 5.70 Å². The van der Waals surface area contributed by atoms with E-state index in [4.69, 9.17) is 0 Å². The lowest BCUT2D eigenvalue weighted by atomic mass is 9.88. The van der Waals surface area contributed by atoms with Gasteiger partial charge in [0, 0.05) is 64.0 Å². The van der Waals surface area contributed by atoms with Crippen molar-refractivity contribution < 1.29 is 4.79 Å². The standard InChI is InChI=1S/C32H43N5O2.C2H6/c1-7-16-34-29-15-20-37(31(38)22-29)30(12-17-33-4)25(3)21-24(2)23-36-18-13-27(14-19-36)26-8-10-28(11-9-26)32(39)35(5)6;1-2/h8-12,15,17,20-22,27,34H,3,7,13-14,16,18-19,23H2,1-2,4-6H3;1-2H3/b24-21+,30-12+,33-17?;. The first-order chi connectivity index (χ1) is 19.7. The smallest absolute Gasteiger partial charge is 0.257 e. The van der Waals surface area contributed by atoms with Gasteiger partial charge in [-0.1, -0.05) is 51.1 Å². The molecule has 0 bridgehead atoms. The van der Waals surface area contributed by atoms with Gasteiger partial charge in [-0.15, -0.1) is 0 Å². The monoisotopic (exact) mass is 559 g/mol. The summed E-state index contributed by atoms with van der Waals surface area (Å²) in [6.45, 7) is 16.2. The van der Waals surface area contributed by atoms with Crippen molar-refractivity contribution >= 4 is 23.5 Å². The van der Waals surface area contributed by atoms with Gasteiger partial charge in [0.05, 0.1) is 5.70 Å². The largest absolute Gasteiger partial charge is 0.385 e. The highest BCUT2D eigenvalue weighted by Gasteiger charge is 2.21. The van der Waals surface area contributed by atoms with Gasteiger partial charge in [-0.25, -0.2) is 0 Å². The molecule has 7 heteroatoms. The van der Waals surface area contributed by atoms with E-state index in [1.54, 1.807) is 49.1 Å². The average Bonchev–Trinajstić information content (AvgIpc) is 2.98. The van der Waals surface area contributed by atoms with Gasteiger partial charge in [-0.2, -0.15) is 0 Å². The molecular formula is C34H49N5O2. The van der Waals surface area contributed by atoms with Crippen LogP contribution in [0.15, 0.2) is 82.3 Å². The molecule has 0 atom stereocenters. The average molecular weight is 560 g/mol. The fourth-order valence-electron chi connectivity index (χ4n) is 4.89. The summed E-state index contributed by atoms with van der Waals surface area (Å²) in [5.41, 5.74) is 5.42. The molecule has 1 aliphatic rings. The fourth-order valence-corrected chi connectivity index (χ4v) is 4.89. The lowest BCUT2D eigenvalue weighted by Gasteiger charge is -2.32. The minimum absolute atomic E-state index is 0.0334. The summed E-state index contributed by atoms with van der Waals surface area (Å²) in [4.78, 5) is 33.2. The Morgan fingerprint density at radius 3 is 2.37 bits per heavy atom. The quantitative estimate of drug-likeness (QED) is 0.258. The van der Waals surface area contributed by atoms with E-state index < -0.39 is 0 Å². The number of carbonyl (C=O) groups is 1. The number of likely N-dealkylation sites (tertiary alicyclic amines) is 1. The van der Waals surface area contributed by atoms with Crippen LogP contribution in [-0.4, -0.2) is 73.8 Å². The lowest BCUT2D eigenvalue weighted by Crippen LogP contribution is -2.34.